The predicted molar refractivity (Wildman–Crippen MR) is 162 cm³/mol. The standard InChI is InChI=1S/C36H23N3O/c1-2-10-24(11-3-1)28-15-9-21-37-35(28)25-12-8-13-27(22-25)39-32-17-6-4-14-29(32)30-20-19-26(23-33(30)39)36-38-31-16-5-7-18-34(31)40-36/h1-23H. The van der Waals surface area contributed by atoms with Crippen LogP contribution in [0, 0.1) is 0 Å². The van der Waals surface area contributed by atoms with Gasteiger partial charge in [0.25, 0.3) is 0 Å². The second kappa shape index (κ2) is 9.07. The molecule has 4 heteroatoms. The lowest BCUT2D eigenvalue weighted by atomic mass is 9.99. The zero-order chi connectivity index (χ0) is 26.5. The maximum Gasteiger partial charge on any atom is 0.227 e. The molecule has 0 aliphatic rings. The highest BCUT2D eigenvalue weighted by atomic mass is 16.3. The summed E-state index contributed by atoms with van der Waals surface area (Å²) in [4.78, 5) is 9.57. The molecule has 0 bridgehead atoms. The van der Waals surface area contributed by atoms with Gasteiger partial charge in [-0.2, -0.15) is 0 Å². The third-order valence-corrected chi connectivity index (χ3v) is 7.48. The first kappa shape index (κ1) is 22.5. The highest BCUT2D eigenvalue weighted by Crippen LogP contribution is 2.37. The maximum atomic E-state index is 6.13. The Hall–Kier alpha value is -5.48. The summed E-state index contributed by atoms with van der Waals surface area (Å²) in [7, 11) is 0. The Morgan fingerprint density at radius 1 is 0.550 bits per heavy atom. The van der Waals surface area contributed by atoms with Crippen molar-refractivity contribution < 1.29 is 4.42 Å². The lowest BCUT2D eigenvalue weighted by Gasteiger charge is -2.13. The average molecular weight is 514 g/mol. The van der Waals surface area contributed by atoms with Gasteiger partial charge in [0.2, 0.25) is 5.89 Å². The van der Waals surface area contributed by atoms with Crippen molar-refractivity contribution in [2.75, 3.05) is 0 Å². The average Bonchev–Trinajstić information content (AvgIpc) is 3.61. The summed E-state index contributed by atoms with van der Waals surface area (Å²) in [5, 5.41) is 2.39. The van der Waals surface area contributed by atoms with E-state index in [9.17, 15) is 0 Å². The Morgan fingerprint density at radius 2 is 1.35 bits per heavy atom. The molecule has 0 atom stereocenters. The Labute approximate surface area is 230 Å². The molecule has 0 radical (unpaired) electrons. The van der Waals surface area contributed by atoms with Crippen LogP contribution in [0.15, 0.2) is 144 Å². The van der Waals surface area contributed by atoms with E-state index in [2.05, 4.69) is 102 Å². The summed E-state index contributed by atoms with van der Waals surface area (Å²) in [6, 6.07) is 46.1. The van der Waals surface area contributed by atoms with Crippen LogP contribution in [-0.4, -0.2) is 14.5 Å². The topological polar surface area (TPSA) is 43.9 Å². The molecule has 4 nitrogen and oxygen atoms in total. The van der Waals surface area contributed by atoms with Gasteiger partial charge < -0.3 is 8.98 Å². The zero-order valence-electron chi connectivity index (χ0n) is 21.5. The molecule has 3 aromatic heterocycles. The van der Waals surface area contributed by atoms with Crippen molar-refractivity contribution in [3.63, 3.8) is 0 Å². The molecule has 0 fully saturated rings. The second-order valence-corrected chi connectivity index (χ2v) is 9.89. The quantitative estimate of drug-likeness (QED) is 0.235. The lowest BCUT2D eigenvalue weighted by molar-refractivity contribution is 0.620. The SMILES string of the molecule is c1ccc(-c2cccnc2-c2cccc(-n3c4ccccc4c4ccc(-c5nc6ccccc6o5)cc43)c2)cc1. The summed E-state index contributed by atoms with van der Waals surface area (Å²) in [5.74, 6) is 0.620. The monoisotopic (exact) mass is 513 g/mol. The molecule has 40 heavy (non-hydrogen) atoms. The van der Waals surface area contributed by atoms with Crippen LogP contribution >= 0.6 is 0 Å². The Bertz CT molecular complexity index is 2140. The van der Waals surface area contributed by atoms with Crippen molar-refractivity contribution >= 4 is 32.9 Å². The molecule has 0 saturated carbocycles. The van der Waals surface area contributed by atoms with E-state index in [0.29, 0.717) is 5.89 Å². The molecular formula is C36H23N3O. The van der Waals surface area contributed by atoms with Crippen LogP contribution < -0.4 is 0 Å². The number of rotatable bonds is 4. The van der Waals surface area contributed by atoms with E-state index in [1.807, 2.05) is 42.6 Å². The summed E-state index contributed by atoms with van der Waals surface area (Å²) >= 11 is 0. The van der Waals surface area contributed by atoms with Crippen molar-refractivity contribution in [3.05, 3.63) is 140 Å². The van der Waals surface area contributed by atoms with E-state index in [0.717, 1.165) is 55.8 Å². The fourth-order valence-electron chi connectivity index (χ4n) is 5.66. The first-order chi connectivity index (χ1) is 19.8. The number of nitrogens with zero attached hydrogens (tertiary/aromatic N) is 3. The number of aromatic nitrogens is 3. The van der Waals surface area contributed by atoms with Crippen molar-refractivity contribution in [1.29, 1.82) is 0 Å². The van der Waals surface area contributed by atoms with E-state index >= 15 is 0 Å². The van der Waals surface area contributed by atoms with Crippen LogP contribution in [0.25, 0.3) is 72.4 Å². The molecule has 8 rings (SSSR count). The number of benzene rings is 5. The van der Waals surface area contributed by atoms with Gasteiger partial charge in [0.15, 0.2) is 5.58 Å². The highest BCUT2D eigenvalue weighted by molar-refractivity contribution is 6.10. The summed E-state index contributed by atoms with van der Waals surface area (Å²) in [6.45, 7) is 0. The number of hydrogen-bond donors (Lipinski definition) is 0. The summed E-state index contributed by atoms with van der Waals surface area (Å²) < 4.78 is 8.45. The lowest BCUT2D eigenvalue weighted by Crippen LogP contribution is -1.96. The molecule has 3 heterocycles. The molecule has 0 saturated heterocycles. The highest BCUT2D eigenvalue weighted by Gasteiger charge is 2.16. The number of para-hydroxylation sites is 3. The van der Waals surface area contributed by atoms with Crippen molar-refractivity contribution in [2.45, 2.75) is 0 Å². The minimum atomic E-state index is 0.620. The van der Waals surface area contributed by atoms with Gasteiger partial charge in [-0.25, -0.2) is 4.98 Å². The van der Waals surface area contributed by atoms with Gasteiger partial charge in [-0.15, -0.1) is 0 Å². The third kappa shape index (κ3) is 3.62. The normalized spacial score (nSPS) is 11.5. The van der Waals surface area contributed by atoms with Crippen LogP contribution in [-0.2, 0) is 0 Å². The van der Waals surface area contributed by atoms with Crippen LogP contribution in [0.4, 0.5) is 0 Å². The number of hydrogen-bond acceptors (Lipinski definition) is 3. The fourth-order valence-corrected chi connectivity index (χ4v) is 5.66. The van der Waals surface area contributed by atoms with E-state index < -0.39 is 0 Å². The first-order valence-corrected chi connectivity index (χ1v) is 13.3. The molecular weight excluding hydrogens is 490 g/mol. The van der Waals surface area contributed by atoms with Gasteiger partial charge in [0.1, 0.15) is 5.52 Å². The minimum Gasteiger partial charge on any atom is -0.436 e. The molecule has 0 spiro atoms. The zero-order valence-corrected chi connectivity index (χ0v) is 21.5. The second-order valence-electron chi connectivity index (χ2n) is 9.89. The first-order valence-electron chi connectivity index (χ1n) is 13.3. The van der Waals surface area contributed by atoms with Crippen LogP contribution in [0.1, 0.15) is 0 Å². The smallest absolute Gasteiger partial charge is 0.227 e. The van der Waals surface area contributed by atoms with Crippen LogP contribution in [0.2, 0.25) is 0 Å². The molecule has 0 aliphatic carbocycles. The molecule has 0 N–H and O–H groups in total. The Morgan fingerprint density at radius 3 is 2.27 bits per heavy atom. The van der Waals surface area contributed by atoms with Crippen molar-refractivity contribution in [3.8, 4) is 39.5 Å². The molecule has 8 aromatic rings. The van der Waals surface area contributed by atoms with Gasteiger partial charge in [-0.3, -0.25) is 4.98 Å². The Kier molecular flexibility index (Phi) is 5.10. The summed E-state index contributed by atoms with van der Waals surface area (Å²) in [5.41, 5.74) is 10.2. The molecule has 5 aromatic carbocycles. The molecule has 0 unspecified atom stereocenters. The van der Waals surface area contributed by atoms with E-state index in [4.69, 9.17) is 14.4 Å². The number of pyridine rings is 1. The molecule has 0 amide bonds. The van der Waals surface area contributed by atoms with Gasteiger partial charge in [-0.05, 0) is 54.1 Å². The van der Waals surface area contributed by atoms with Crippen LogP contribution in [0.3, 0.4) is 0 Å². The van der Waals surface area contributed by atoms with Crippen molar-refractivity contribution in [2.24, 2.45) is 0 Å². The third-order valence-electron chi connectivity index (χ3n) is 7.48. The van der Waals surface area contributed by atoms with E-state index in [-0.39, 0.29) is 0 Å². The van der Waals surface area contributed by atoms with E-state index in [1.54, 1.807) is 0 Å². The molecule has 0 aliphatic heterocycles. The number of oxazole rings is 1. The van der Waals surface area contributed by atoms with Gasteiger partial charge in [-0.1, -0.05) is 84.9 Å². The van der Waals surface area contributed by atoms with Crippen molar-refractivity contribution in [1.82, 2.24) is 14.5 Å². The molecule has 188 valence electrons. The minimum absolute atomic E-state index is 0.620. The largest absolute Gasteiger partial charge is 0.436 e. The Balaban J connectivity index is 1.34. The van der Waals surface area contributed by atoms with E-state index in [1.165, 1.54) is 10.8 Å². The fraction of sp³-hybridized carbons (Fsp3) is 0. The number of fused-ring (bicyclic) bond motifs is 4. The summed E-state index contributed by atoms with van der Waals surface area (Å²) in [6.07, 6.45) is 1.86. The van der Waals surface area contributed by atoms with Gasteiger partial charge in [0, 0.05) is 39.3 Å². The van der Waals surface area contributed by atoms with Gasteiger partial charge in [0.05, 0.1) is 16.7 Å². The van der Waals surface area contributed by atoms with Crippen LogP contribution in [0.5, 0.6) is 0 Å². The van der Waals surface area contributed by atoms with Gasteiger partial charge >= 0.3 is 0 Å². The maximum absolute atomic E-state index is 6.13. The predicted octanol–water partition coefficient (Wildman–Crippen LogP) is 9.32.